The molecule has 0 saturated heterocycles. The van der Waals surface area contributed by atoms with Crippen molar-refractivity contribution < 1.29 is 30.6 Å². The molecule has 224 valence electrons. The van der Waals surface area contributed by atoms with Crippen LogP contribution in [0.5, 0.6) is 0 Å². The Kier molecular flexibility index (Phi) is 5.99. The number of anilines is 2. The lowest BCUT2D eigenvalue weighted by Gasteiger charge is -2.23. The maximum absolute atomic E-state index is 10.3. The first kappa shape index (κ1) is 27.6. The smallest absolute Gasteiger partial charge is 0.226 e. The van der Waals surface area contributed by atoms with Crippen molar-refractivity contribution in [3.8, 4) is 0 Å². The molecule has 0 amide bonds. The number of hydrogen-bond acceptors (Lipinski definition) is 14. The summed E-state index contributed by atoms with van der Waals surface area (Å²) in [6.07, 6.45) is 0.569. The van der Waals surface area contributed by atoms with Crippen LogP contribution in [0.25, 0.3) is 22.3 Å². The van der Waals surface area contributed by atoms with Crippen LogP contribution in [0.3, 0.4) is 0 Å². The summed E-state index contributed by atoms with van der Waals surface area (Å²) in [5.41, 5.74) is 12.3. The number of nitrogens with two attached hydrogens (primary N) is 2. The molecule has 0 bridgehead atoms. The van der Waals surface area contributed by atoms with Crippen LogP contribution in [0.4, 0.5) is 11.6 Å². The van der Waals surface area contributed by atoms with Gasteiger partial charge in [0.1, 0.15) is 29.1 Å². The number of hydrogen-bond donors (Lipinski definition) is 8. The number of imidazole rings is 2. The van der Waals surface area contributed by atoms with E-state index >= 15 is 0 Å². The van der Waals surface area contributed by atoms with Crippen LogP contribution in [0.15, 0.2) is 12.7 Å². The van der Waals surface area contributed by atoms with Crippen LogP contribution in [-0.2, 0) is 0 Å². The monoisotopic (exact) mass is 602 g/mol. The SMILES string of the molecule is Cc1nc(N)c2ncn(C3C(O)C(O)C4(CO)CC34)c2n1.Nc1nc(Cl)nc2c1ncn2C1C(O)C(O)C2(CO)CC12. The molecule has 10 unspecified atom stereocenters. The Morgan fingerprint density at radius 2 is 1.24 bits per heavy atom. The van der Waals surface area contributed by atoms with Gasteiger partial charge >= 0.3 is 0 Å². The molecule has 0 radical (unpaired) electrons. The highest BCUT2D eigenvalue weighted by molar-refractivity contribution is 6.28. The van der Waals surface area contributed by atoms with E-state index in [4.69, 9.17) is 23.1 Å². The van der Waals surface area contributed by atoms with Gasteiger partial charge in [-0.2, -0.15) is 9.97 Å². The lowest BCUT2D eigenvalue weighted by atomic mass is 10.0. The number of rotatable bonds is 4. The van der Waals surface area contributed by atoms with Crippen molar-refractivity contribution in [2.24, 2.45) is 22.7 Å². The fourth-order valence-corrected chi connectivity index (χ4v) is 7.67. The molecule has 10 atom stereocenters. The highest BCUT2D eigenvalue weighted by Crippen LogP contribution is 2.68. The summed E-state index contributed by atoms with van der Waals surface area (Å²) in [6.45, 7) is 1.45. The molecule has 42 heavy (non-hydrogen) atoms. The summed E-state index contributed by atoms with van der Waals surface area (Å²) in [5, 5.41) is 60.1. The Balaban J connectivity index is 0.000000137. The van der Waals surface area contributed by atoms with Crippen molar-refractivity contribution in [2.45, 2.75) is 56.3 Å². The molecule has 16 nitrogen and oxygen atoms in total. The topological polar surface area (TPSA) is 261 Å². The van der Waals surface area contributed by atoms with Crippen molar-refractivity contribution in [3.05, 3.63) is 23.8 Å². The normalized spacial score (nSPS) is 37.9. The third-order valence-corrected chi connectivity index (χ3v) is 10.1. The minimum absolute atomic E-state index is 0.000923. The first-order valence-corrected chi connectivity index (χ1v) is 13.9. The van der Waals surface area contributed by atoms with Crippen molar-refractivity contribution in [1.82, 2.24) is 39.0 Å². The number of halogens is 1. The zero-order valence-electron chi connectivity index (χ0n) is 22.4. The highest BCUT2D eigenvalue weighted by atomic mass is 35.5. The van der Waals surface area contributed by atoms with Gasteiger partial charge < -0.3 is 51.2 Å². The number of nitrogen functional groups attached to an aromatic ring is 2. The van der Waals surface area contributed by atoms with Crippen molar-refractivity contribution >= 4 is 45.6 Å². The maximum Gasteiger partial charge on any atom is 0.226 e. The molecule has 4 saturated carbocycles. The van der Waals surface area contributed by atoms with Gasteiger partial charge in [0.2, 0.25) is 5.28 Å². The van der Waals surface area contributed by atoms with Gasteiger partial charge in [-0.05, 0) is 43.2 Å². The van der Waals surface area contributed by atoms with Crippen molar-refractivity contribution in [3.63, 3.8) is 0 Å². The number of aliphatic hydroxyl groups is 6. The molecule has 4 heterocycles. The third-order valence-electron chi connectivity index (χ3n) is 9.92. The summed E-state index contributed by atoms with van der Waals surface area (Å²) in [4.78, 5) is 24.8. The first-order valence-electron chi connectivity index (χ1n) is 13.5. The van der Waals surface area contributed by atoms with Gasteiger partial charge in [-0.15, -0.1) is 0 Å². The van der Waals surface area contributed by atoms with Crippen LogP contribution in [-0.4, -0.2) is 107 Å². The molecule has 17 heteroatoms. The maximum atomic E-state index is 10.3. The molecule has 4 fully saturated rings. The number of aliphatic hydroxyl groups excluding tert-OH is 6. The van der Waals surface area contributed by atoms with E-state index in [0.29, 0.717) is 46.8 Å². The number of fused-ring (bicyclic) bond motifs is 4. The van der Waals surface area contributed by atoms with Crippen molar-refractivity contribution in [1.29, 1.82) is 0 Å². The second kappa shape index (κ2) is 9.12. The van der Waals surface area contributed by atoms with E-state index in [1.165, 1.54) is 6.33 Å². The standard InChI is InChI=1S/C13H17N5O3.C12H14ClN5O3/c1-5-16-11(14)7-12(17-5)18(4-15-7)8-6-2-13(6,3-19)10(21)9(8)20;13-11-16-9(14)5-10(17-11)18(3-15-5)6-4-1-12(4,2-19)8(21)7(6)20/h4,6,8-10,19-21H,2-3H2,1H3,(H2,14,16,17);3-4,6-8,19-21H,1-2H2,(H2,14,16,17). The van der Waals surface area contributed by atoms with Gasteiger partial charge in [0.25, 0.3) is 0 Å². The van der Waals surface area contributed by atoms with E-state index in [9.17, 15) is 30.6 Å². The van der Waals surface area contributed by atoms with Gasteiger partial charge in [-0.1, -0.05) is 0 Å². The molecule has 4 aromatic rings. The summed E-state index contributed by atoms with van der Waals surface area (Å²) >= 11 is 5.83. The Labute approximate surface area is 242 Å². The molecular weight excluding hydrogens is 572 g/mol. The molecule has 0 aromatic carbocycles. The van der Waals surface area contributed by atoms with Gasteiger partial charge in [0.05, 0.1) is 50.2 Å². The Morgan fingerprint density at radius 3 is 1.69 bits per heavy atom. The Morgan fingerprint density at radius 1 is 0.786 bits per heavy atom. The van der Waals surface area contributed by atoms with E-state index in [-0.39, 0.29) is 42.2 Å². The Hall–Kier alpha value is -3.25. The average molecular weight is 603 g/mol. The van der Waals surface area contributed by atoms with Gasteiger partial charge in [0, 0.05) is 10.8 Å². The van der Waals surface area contributed by atoms with Gasteiger partial charge in [-0.25, -0.2) is 19.9 Å². The van der Waals surface area contributed by atoms with Crippen LogP contribution in [0.1, 0.15) is 30.7 Å². The number of aryl methyl sites for hydroxylation is 1. The van der Waals surface area contributed by atoms with E-state index in [2.05, 4.69) is 29.9 Å². The lowest BCUT2D eigenvalue weighted by Crippen LogP contribution is -2.35. The van der Waals surface area contributed by atoms with E-state index in [1.807, 2.05) is 0 Å². The van der Waals surface area contributed by atoms with Crippen molar-refractivity contribution in [2.75, 3.05) is 24.7 Å². The summed E-state index contributed by atoms with van der Waals surface area (Å²) in [5.74, 6) is 0.981. The quantitative estimate of drug-likeness (QED) is 0.121. The van der Waals surface area contributed by atoms with Crippen LogP contribution in [0.2, 0.25) is 5.28 Å². The Bertz CT molecular complexity index is 1590. The molecule has 0 spiro atoms. The minimum atomic E-state index is -0.997. The van der Waals surface area contributed by atoms with Crippen LogP contribution >= 0.6 is 11.6 Å². The second-order valence-corrected chi connectivity index (χ2v) is 12.3. The average Bonchev–Trinajstić information content (AvgIpc) is 3.69. The summed E-state index contributed by atoms with van der Waals surface area (Å²) < 4.78 is 3.42. The van der Waals surface area contributed by atoms with E-state index in [1.54, 1.807) is 22.4 Å². The molecular formula is C25H31ClN10O6. The highest BCUT2D eigenvalue weighted by Gasteiger charge is 2.72. The minimum Gasteiger partial charge on any atom is -0.396 e. The predicted octanol–water partition coefficient (Wildman–Crippen LogP) is -1.67. The van der Waals surface area contributed by atoms with E-state index in [0.717, 1.165) is 0 Å². The number of aromatic nitrogens is 8. The molecule has 0 aliphatic heterocycles. The largest absolute Gasteiger partial charge is 0.396 e. The van der Waals surface area contributed by atoms with Gasteiger partial charge in [-0.3, -0.25) is 0 Å². The molecule has 4 aromatic heterocycles. The van der Waals surface area contributed by atoms with E-state index < -0.39 is 41.3 Å². The third kappa shape index (κ3) is 3.57. The molecule has 4 aliphatic rings. The first-order chi connectivity index (χ1) is 20.0. The zero-order valence-corrected chi connectivity index (χ0v) is 23.2. The molecule has 8 rings (SSSR count). The number of nitrogens with zero attached hydrogens (tertiary/aromatic N) is 8. The summed E-state index contributed by atoms with van der Waals surface area (Å²) in [6, 6.07) is -0.770. The summed E-state index contributed by atoms with van der Waals surface area (Å²) in [7, 11) is 0. The molecule has 4 aliphatic carbocycles. The zero-order chi connectivity index (χ0) is 29.9. The van der Waals surface area contributed by atoms with Crippen LogP contribution < -0.4 is 11.5 Å². The fourth-order valence-electron chi connectivity index (χ4n) is 7.50. The van der Waals surface area contributed by atoms with Gasteiger partial charge in [0.15, 0.2) is 22.9 Å². The fraction of sp³-hybridized carbons (Fsp3) is 0.600. The predicted molar refractivity (Wildman–Crippen MR) is 147 cm³/mol. The van der Waals surface area contributed by atoms with Crippen LogP contribution in [0, 0.1) is 29.6 Å². The molecule has 10 N–H and O–H groups in total. The lowest BCUT2D eigenvalue weighted by molar-refractivity contribution is -0.0301. The second-order valence-electron chi connectivity index (χ2n) is 11.9.